The molecule has 0 saturated carbocycles. The van der Waals surface area contributed by atoms with Crippen LogP contribution in [0.4, 0.5) is 0 Å². The first-order valence-corrected chi connectivity index (χ1v) is 9.35. The molecule has 2 aromatic carbocycles. The SMILES string of the molecule is CCCCOc1ccc(-c2nnc(COc3ccc4ncccc4c3)o2)cc1. The van der Waals surface area contributed by atoms with Gasteiger partial charge in [-0.15, -0.1) is 10.2 Å². The lowest BCUT2D eigenvalue weighted by Gasteiger charge is -2.05. The van der Waals surface area contributed by atoms with E-state index in [9.17, 15) is 0 Å². The van der Waals surface area contributed by atoms with Gasteiger partial charge < -0.3 is 13.9 Å². The van der Waals surface area contributed by atoms with Gasteiger partial charge in [0.15, 0.2) is 6.61 Å². The number of benzene rings is 2. The van der Waals surface area contributed by atoms with Crippen LogP contribution < -0.4 is 9.47 Å². The molecule has 28 heavy (non-hydrogen) atoms. The molecule has 6 heteroatoms. The van der Waals surface area contributed by atoms with Crippen molar-refractivity contribution in [1.29, 1.82) is 0 Å². The number of rotatable bonds is 8. The molecule has 2 heterocycles. The van der Waals surface area contributed by atoms with Crippen LogP contribution in [0.15, 0.2) is 65.2 Å². The topological polar surface area (TPSA) is 70.3 Å². The third-order valence-electron chi connectivity index (χ3n) is 4.27. The summed E-state index contributed by atoms with van der Waals surface area (Å²) in [6.45, 7) is 3.07. The molecule has 0 unspecified atom stereocenters. The van der Waals surface area contributed by atoms with Gasteiger partial charge in [0, 0.05) is 17.1 Å². The predicted octanol–water partition coefficient (Wildman–Crippen LogP) is 5.04. The summed E-state index contributed by atoms with van der Waals surface area (Å²) in [6, 6.07) is 17.3. The number of pyridine rings is 1. The minimum Gasteiger partial charge on any atom is -0.494 e. The molecule has 0 spiro atoms. The van der Waals surface area contributed by atoms with Gasteiger partial charge in [-0.2, -0.15) is 0 Å². The van der Waals surface area contributed by atoms with Crippen LogP contribution in [0.1, 0.15) is 25.7 Å². The number of aromatic nitrogens is 3. The van der Waals surface area contributed by atoms with Gasteiger partial charge in [-0.05, 0) is 55.0 Å². The van der Waals surface area contributed by atoms with Crippen molar-refractivity contribution in [3.63, 3.8) is 0 Å². The molecule has 0 aliphatic carbocycles. The molecule has 0 amide bonds. The lowest BCUT2D eigenvalue weighted by Crippen LogP contribution is -1.96. The van der Waals surface area contributed by atoms with Crippen LogP contribution in [0, 0.1) is 0 Å². The lowest BCUT2D eigenvalue weighted by atomic mass is 10.2. The molecule has 2 aromatic heterocycles. The molecular weight excluding hydrogens is 354 g/mol. The Morgan fingerprint density at radius 2 is 1.79 bits per heavy atom. The van der Waals surface area contributed by atoms with Crippen molar-refractivity contribution in [3.05, 3.63) is 66.7 Å². The van der Waals surface area contributed by atoms with E-state index < -0.39 is 0 Å². The average Bonchev–Trinajstić information content (AvgIpc) is 3.22. The van der Waals surface area contributed by atoms with Gasteiger partial charge in [-0.1, -0.05) is 19.4 Å². The quantitative estimate of drug-likeness (QED) is 0.402. The highest BCUT2D eigenvalue weighted by Crippen LogP contribution is 2.23. The normalized spacial score (nSPS) is 10.9. The molecule has 4 rings (SSSR count). The van der Waals surface area contributed by atoms with Crippen molar-refractivity contribution in [1.82, 2.24) is 15.2 Å². The first-order chi connectivity index (χ1) is 13.8. The van der Waals surface area contributed by atoms with Gasteiger partial charge in [-0.25, -0.2) is 0 Å². The summed E-state index contributed by atoms with van der Waals surface area (Å²) in [6.07, 6.45) is 3.93. The standard InChI is InChI=1S/C22H21N3O3/c1-2-3-13-26-18-8-6-16(7-9-18)22-25-24-21(28-22)15-27-19-10-11-20-17(14-19)5-4-12-23-20/h4-12,14H,2-3,13,15H2,1H3. The minimum absolute atomic E-state index is 0.205. The number of unbranched alkanes of at least 4 members (excludes halogenated alkanes) is 1. The van der Waals surface area contributed by atoms with Crippen molar-refractivity contribution in [2.45, 2.75) is 26.4 Å². The van der Waals surface area contributed by atoms with Gasteiger partial charge in [0.25, 0.3) is 5.89 Å². The monoisotopic (exact) mass is 375 g/mol. The fraction of sp³-hybridized carbons (Fsp3) is 0.227. The van der Waals surface area contributed by atoms with Crippen LogP contribution in [-0.4, -0.2) is 21.8 Å². The Morgan fingerprint density at radius 3 is 2.64 bits per heavy atom. The van der Waals surface area contributed by atoms with Crippen LogP contribution in [0.5, 0.6) is 11.5 Å². The van der Waals surface area contributed by atoms with E-state index in [-0.39, 0.29) is 6.61 Å². The van der Waals surface area contributed by atoms with Gasteiger partial charge in [0.2, 0.25) is 5.89 Å². The molecular formula is C22H21N3O3. The predicted molar refractivity (Wildman–Crippen MR) is 106 cm³/mol. The van der Waals surface area contributed by atoms with Gasteiger partial charge in [-0.3, -0.25) is 4.98 Å². The maximum atomic E-state index is 5.78. The van der Waals surface area contributed by atoms with Crippen LogP contribution in [0.2, 0.25) is 0 Å². The summed E-state index contributed by atoms with van der Waals surface area (Å²) in [7, 11) is 0. The molecule has 0 aliphatic heterocycles. The Kier molecular flexibility index (Phi) is 5.47. The van der Waals surface area contributed by atoms with Crippen LogP contribution in [0.3, 0.4) is 0 Å². The molecule has 0 bridgehead atoms. The molecule has 6 nitrogen and oxygen atoms in total. The van der Waals surface area contributed by atoms with Crippen molar-refractivity contribution in [3.8, 4) is 23.0 Å². The van der Waals surface area contributed by atoms with Gasteiger partial charge >= 0.3 is 0 Å². The zero-order chi connectivity index (χ0) is 19.2. The number of nitrogens with zero attached hydrogens (tertiary/aromatic N) is 3. The van der Waals surface area contributed by atoms with Gasteiger partial charge in [0.05, 0.1) is 12.1 Å². The molecule has 4 aromatic rings. The first kappa shape index (κ1) is 18.0. The second kappa shape index (κ2) is 8.52. The molecule has 0 fully saturated rings. The largest absolute Gasteiger partial charge is 0.494 e. The molecule has 142 valence electrons. The molecule has 0 aliphatic rings. The molecule has 0 saturated heterocycles. The second-order valence-corrected chi connectivity index (χ2v) is 6.37. The van der Waals surface area contributed by atoms with E-state index in [1.165, 1.54) is 0 Å². The lowest BCUT2D eigenvalue weighted by molar-refractivity contribution is 0.265. The van der Waals surface area contributed by atoms with E-state index in [1.807, 2.05) is 54.6 Å². The van der Waals surface area contributed by atoms with E-state index in [0.717, 1.165) is 47.4 Å². The Bertz CT molecular complexity index is 1040. The maximum absolute atomic E-state index is 5.78. The van der Waals surface area contributed by atoms with E-state index in [2.05, 4.69) is 22.1 Å². The summed E-state index contributed by atoms with van der Waals surface area (Å²) >= 11 is 0. The van der Waals surface area contributed by atoms with Gasteiger partial charge in [0.1, 0.15) is 11.5 Å². The number of hydrogen-bond donors (Lipinski definition) is 0. The first-order valence-electron chi connectivity index (χ1n) is 9.35. The molecule has 0 atom stereocenters. The van der Waals surface area contributed by atoms with Crippen LogP contribution in [0.25, 0.3) is 22.4 Å². The zero-order valence-corrected chi connectivity index (χ0v) is 15.7. The van der Waals surface area contributed by atoms with E-state index >= 15 is 0 Å². The number of fused-ring (bicyclic) bond motifs is 1. The maximum Gasteiger partial charge on any atom is 0.254 e. The van der Waals surface area contributed by atoms with E-state index in [1.54, 1.807) is 6.20 Å². The summed E-state index contributed by atoms with van der Waals surface area (Å²) in [5.41, 5.74) is 1.77. The fourth-order valence-electron chi connectivity index (χ4n) is 2.75. The Morgan fingerprint density at radius 1 is 0.929 bits per heavy atom. The Labute approximate surface area is 163 Å². The highest BCUT2D eigenvalue weighted by molar-refractivity contribution is 5.79. The van der Waals surface area contributed by atoms with E-state index in [4.69, 9.17) is 13.9 Å². The fourth-order valence-corrected chi connectivity index (χ4v) is 2.75. The number of hydrogen-bond acceptors (Lipinski definition) is 6. The van der Waals surface area contributed by atoms with Crippen molar-refractivity contribution in [2.75, 3.05) is 6.61 Å². The summed E-state index contributed by atoms with van der Waals surface area (Å²) in [5.74, 6) is 2.45. The van der Waals surface area contributed by atoms with Crippen molar-refractivity contribution in [2.24, 2.45) is 0 Å². The van der Waals surface area contributed by atoms with Crippen molar-refractivity contribution < 1.29 is 13.9 Å². The third-order valence-corrected chi connectivity index (χ3v) is 4.27. The van der Waals surface area contributed by atoms with Crippen LogP contribution in [-0.2, 0) is 6.61 Å². The number of ether oxygens (including phenoxy) is 2. The van der Waals surface area contributed by atoms with E-state index in [0.29, 0.717) is 11.8 Å². The zero-order valence-electron chi connectivity index (χ0n) is 15.7. The highest BCUT2D eigenvalue weighted by atomic mass is 16.5. The molecule has 0 N–H and O–H groups in total. The minimum atomic E-state index is 0.205. The summed E-state index contributed by atoms with van der Waals surface area (Å²) in [5, 5.41) is 9.19. The smallest absolute Gasteiger partial charge is 0.254 e. The van der Waals surface area contributed by atoms with Crippen molar-refractivity contribution >= 4 is 10.9 Å². The van der Waals surface area contributed by atoms with Crippen LogP contribution >= 0.6 is 0 Å². The Balaban J connectivity index is 1.38. The second-order valence-electron chi connectivity index (χ2n) is 6.37. The third kappa shape index (κ3) is 4.28. The highest BCUT2D eigenvalue weighted by Gasteiger charge is 2.10. The summed E-state index contributed by atoms with van der Waals surface area (Å²) < 4.78 is 17.2. The average molecular weight is 375 g/mol. The molecule has 0 radical (unpaired) electrons. The summed E-state index contributed by atoms with van der Waals surface area (Å²) in [4.78, 5) is 4.30. The Hall–Kier alpha value is -3.41.